The number of hydrogen-bond acceptors (Lipinski definition) is 4. The predicted molar refractivity (Wildman–Crippen MR) is 137 cm³/mol. The van der Waals surface area contributed by atoms with E-state index in [1.165, 1.54) is 0 Å². The van der Waals surface area contributed by atoms with E-state index in [1.807, 2.05) is 87.0 Å². The average Bonchev–Trinajstić information content (AvgIpc) is 3.20. The summed E-state index contributed by atoms with van der Waals surface area (Å²) in [6.07, 6.45) is 6.14. The first-order valence-corrected chi connectivity index (χ1v) is 12.1. The van der Waals surface area contributed by atoms with E-state index in [2.05, 4.69) is 15.6 Å². The highest BCUT2D eigenvalue weighted by molar-refractivity contribution is 5.97. The molecule has 1 saturated carbocycles. The summed E-state index contributed by atoms with van der Waals surface area (Å²) in [5.41, 5.74) is 3.03. The van der Waals surface area contributed by atoms with Crippen LogP contribution >= 0.6 is 0 Å². The average molecular weight is 475 g/mol. The molecule has 3 aromatic rings. The number of nitrogens with one attached hydrogen (secondary N) is 2. The van der Waals surface area contributed by atoms with E-state index in [1.54, 1.807) is 12.5 Å². The van der Waals surface area contributed by atoms with Gasteiger partial charge < -0.3 is 19.9 Å². The lowest BCUT2D eigenvalue weighted by molar-refractivity contribution is -0.119. The topological polar surface area (TPSA) is 85.3 Å². The second kappa shape index (κ2) is 10.3. The van der Waals surface area contributed by atoms with E-state index in [0.717, 1.165) is 36.1 Å². The zero-order valence-electron chi connectivity index (χ0n) is 20.8. The Bertz CT molecular complexity index is 1140. The van der Waals surface area contributed by atoms with E-state index in [0.29, 0.717) is 11.6 Å². The fraction of sp³-hybridized carbons (Fsp3) is 0.393. The molecule has 35 heavy (non-hydrogen) atoms. The molecule has 0 spiro atoms. The molecular weight excluding hydrogens is 440 g/mol. The summed E-state index contributed by atoms with van der Waals surface area (Å²) < 4.78 is 7.46. The van der Waals surface area contributed by atoms with E-state index < -0.39 is 17.7 Å². The SMILES string of the molecule is Cn1cncc1-c1ccc(NC(=O)C(NC(=O)OC(C)(C)C)[C@H](c2ccccc2)C2CCC2)cc1. The highest BCUT2D eigenvalue weighted by Gasteiger charge is 2.39. The number of imidazole rings is 1. The Kier molecular flexibility index (Phi) is 7.24. The largest absolute Gasteiger partial charge is 0.444 e. The van der Waals surface area contributed by atoms with E-state index in [4.69, 9.17) is 4.74 Å². The summed E-state index contributed by atoms with van der Waals surface area (Å²) in [5, 5.41) is 5.92. The van der Waals surface area contributed by atoms with Crippen molar-refractivity contribution in [2.75, 3.05) is 5.32 Å². The standard InChI is InChI=1S/C28H34N4O3/c1-28(2,3)35-27(34)31-25(24(21-11-8-12-21)20-9-6-5-7-10-20)26(33)30-22-15-13-19(14-16-22)23-17-29-18-32(23)4/h5-7,9-10,13-18,21,24-25H,8,11-12H2,1-4H3,(H,30,33)(H,31,34)/t24-,25?/m1/s1. The zero-order valence-corrected chi connectivity index (χ0v) is 20.8. The van der Waals surface area contributed by atoms with Crippen molar-refractivity contribution in [3.05, 3.63) is 72.7 Å². The van der Waals surface area contributed by atoms with Crippen LogP contribution in [0.3, 0.4) is 0 Å². The molecule has 1 aromatic heterocycles. The number of rotatable bonds is 7. The molecule has 0 bridgehead atoms. The monoisotopic (exact) mass is 474 g/mol. The number of anilines is 1. The molecule has 2 amide bonds. The number of amides is 2. The van der Waals surface area contributed by atoms with Crippen LogP contribution in [0.15, 0.2) is 67.1 Å². The van der Waals surface area contributed by atoms with Gasteiger partial charge in [0, 0.05) is 18.7 Å². The van der Waals surface area contributed by atoms with Crippen molar-refractivity contribution >= 4 is 17.7 Å². The maximum atomic E-state index is 13.6. The first kappa shape index (κ1) is 24.5. The van der Waals surface area contributed by atoms with E-state index >= 15 is 0 Å². The van der Waals surface area contributed by atoms with Crippen molar-refractivity contribution in [2.24, 2.45) is 13.0 Å². The Labute approximate surface area is 206 Å². The first-order valence-electron chi connectivity index (χ1n) is 12.1. The predicted octanol–water partition coefficient (Wildman–Crippen LogP) is 5.50. The highest BCUT2D eigenvalue weighted by atomic mass is 16.6. The number of hydrogen-bond donors (Lipinski definition) is 2. The minimum Gasteiger partial charge on any atom is -0.444 e. The maximum absolute atomic E-state index is 13.6. The van der Waals surface area contributed by atoms with Crippen molar-refractivity contribution in [3.63, 3.8) is 0 Å². The van der Waals surface area contributed by atoms with Crippen LogP contribution in [0.2, 0.25) is 0 Å². The number of aryl methyl sites for hydroxylation is 1. The zero-order chi connectivity index (χ0) is 25.0. The van der Waals surface area contributed by atoms with Crippen LogP contribution in [-0.4, -0.2) is 33.2 Å². The van der Waals surface area contributed by atoms with Gasteiger partial charge in [-0.15, -0.1) is 0 Å². The summed E-state index contributed by atoms with van der Waals surface area (Å²) >= 11 is 0. The van der Waals surface area contributed by atoms with Gasteiger partial charge in [0.1, 0.15) is 11.6 Å². The van der Waals surface area contributed by atoms with Crippen LogP contribution in [0.4, 0.5) is 10.5 Å². The number of ether oxygens (including phenoxy) is 1. The van der Waals surface area contributed by atoms with Crippen molar-refractivity contribution < 1.29 is 14.3 Å². The summed E-state index contributed by atoms with van der Waals surface area (Å²) in [5.74, 6) is -0.0913. The number of carbonyl (C=O) groups excluding carboxylic acids is 2. The van der Waals surface area contributed by atoms with Crippen LogP contribution in [0.25, 0.3) is 11.3 Å². The molecule has 0 aliphatic heterocycles. The fourth-order valence-corrected chi connectivity index (χ4v) is 4.54. The first-order chi connectivity index (χ1) is 16.7. The van der Waals surface area contributed by atoms with Crippen molar-refractivity contribution in [2.45, 2.75) is 57.6 Å². The molecule has 184 valence electrons. The summed E-state index contributed by atoms with van der Waals surface area (Å²) in [7, 11) is 1.94. The van der Waals surface area contributed by atoms with Crippen LogP contribution in [0.5, 0.6) is 0 Å². The van der Waals surface area contributed by atoms with Crippen LogP contribution in [0.1, 0.15) is 51.5 Å². The molecule has 7 nitrogen and oxygen atoms in total. The molecule has 1 aliphatic rings. The highest BCUT2D eigenvalue weighted by Crippen LogP contribution is 2.41. The molecule has 1 heterocycles. The van der Waals surface area contributed by atoms with Gasteiger partial charge in [-0.3, -0.25) is 4.79 Å². The number of alkyl carbamates (subject to hydrolysis) is 1. The summed E-state index contributed by atoms with van der Waals surface area (Å²) in [6, 6.07) is 16.8. The van der Waals surface area contributed by atoms with Crippen molar-refractivity contribution in [1.82, 2.24) is 14.9 Å². The second-order valence-corrected chi connectivity index (χ2v) is 10.2. The number of nitrogens with zero attached hydrogens (tertiary/aromatic N) is 2. The summed E-state index contributed by atoms with van der Waals surface area (Å²) in [6.45, 7) is 5.43. The lowest BCUT2D eigenvalue weighted by atomic mass is 9.69. The Morgan fingerprint density at radius 2 is 1.74 bits per heavy atom. The van der Waals surface area contributed by atoms with Gasteiger partial charge in [0.2, 0.25) is 5.91 Å². The maximum Gasteiger partial charge on any atom is 0.408 e. The van der Waals surface area contributed by atoms with Crippen LogP contribution in [-0.2, 0) is 16.6 Å². The molecule has 0 saturated heterocycles. The smallest absolute Gasteiger partial charge is 0.408 e. The third kappa shape index (κ3) is 6.10. The third-order valence-electron chi connectivity index (χ3n) is 6.42. The molecule has 1 aliphatic carbocycles. The normalized spacial score (nSPS) is 15.5. The molecule has 2 N–H and O–H groups in total. The van der Waals surface area contributed by atoms with Crippen LogP contribution in [0, 0.1) is 5.92 Å². The van der Waals surface area contributed by atoms with Gasteiger partial charge in [0.25, 0.3) is 0 Å². The minimum atomic E-state index is -0.769. The van der Waals surface area contributed by atoms with Gasteiger partial charge in [-0.05, 0) is 62.8 Å². The molecule has 2 atom stereocenters. The molecule has 4 rings (SSSR count). The van der Waals surface area contributed by atoms with Crippen molar-refractivity contribution in [1.29, 1.82) is 0 Å². The third-order valence-corrected chi connectivity index (χ3v) is 6.42. The van der Waals surface area contributed by atoms with Gasteiger partial charge in [0.15, 0.2) is 0 Å². The van der Waals surface area contributed by atoms with Gasteiger partial charge in [-0.1, -0.05) is 48.9 Å². The van der Waals surface area contributed by atoms with E-state index in [9.17, 15) is 9.59 Å². The quantitative estimate of drug-likeness (QED) is 0.473. The Hall–Kier alpha value is -3.61. The van der Waals surface area contributed by atoms with Gasteiger partial charge in [-0.25, -0.2) is 9.78 Å². The minimum absolute atomic E-state index is 0.147. The summed E-state index contributed by atoms with van der Waals surface area (Å²) in [4.78, 5) is 30.6. The molecule has 7 heteroatoms. The second-order valence-electron chi connectivity index (χ2n) is 10.2. The van der Waals surface area contributed by atoms with Gasteiger partial charge >= 0.3 is 6.09 Å². The molecule has 1 unspecified atom stereocenters. The number of aromatic nitrogens is 2. The number of benzene rings is 2. The van der Waals surface area contributed by atoms with Crippen LogP contribution < -0.4 is 10.6 Å². The van der Waals surface area contributed by atoms with Gasteiger partial charge in [-0.2, -0.15) is 0 Å². The molecule has 0 radical (unpaired) electrons. The lowest BCUT2D eigenvalue weighted by Gasteiger charge is -2.38. The Morgan fingerprint density at radius 1 is 1.06 bits per heavy atom. The van der Waals surface area contributed by atoms with E-state index in [-0.39, 0.29) is 11.8 Å². The molecule has 2 aromatic carbocycles. The Morgan fingerprint density at radius 3 is 2.29 bits per heavy atom. The lowest BCUT2D eigenvalue weighted by Crippen LogP contribution is -2.51. The van der Waals surface area contributed by atoms with Crippen molar-refractivity contribution in [3.8, 4) is 11.3 Å². The Balaban J connectivity index is 1.59. The number of carbonyl (C=O) groups is 2. The molecule has 1 fully saturated rings. The molecular formula is C28H34N4O3. The van der Waals surface area contributed by atoms with Gasteiger partial charge in [0.05, 0.1) is 18.2 Å². The fourth-order valence-electron chi connectivity index (χ4n) is 4.54.